The summed E-state index contributed by atoms with van der Waals surface area (Å²) in [5.74, 6) is -0.0446. The van der Waals surface area contributed by atoms with E-state index in [0.717, 1.165) is 41.5 Å². The number of halogens is 2. The molecule has 0 N–H and O–H groups in total. The lowest BCUT2D eigenvalue weighted by Gasteiger charge is -2.18. The predicted octanol–water partition coefficient (Wildman–Crippen LogP) is 6.38. The molecule has 1 atom stereocenters. The van der Waals surface area contributed by atoms with Gasteiger partial charge in [0.2, 0.25) is 0 Å². The third-order valence-electron chi connectivity index (χ3n) is 5.73. The molecule has 2 fully saturated rings. The van der Waals surface area contributed by atoms with Gasteiger partial charge < -0.3 is 9.30 Å². The first kappa shape index (κ1) is 22.0. The zero-order chi connectivity index (χ0) is 22.2. The van der Waals surface area contributed by atoms with Gasteiger partial charge in [0, 0.05) is 35.8 Å². The van der Waals surface area contributed by atoms with Gasteiger partial charge in [0.1, 0.15) is 4.32 Å². The summed E-state index contributed by atoms with van der Waals surface area (Å²) < 4.78 is 8.45. The molecule has 3 heterocycles. The average molecular weight is 503 g/mol. The number of hydrogen-bond donors (Lipinski definition) is 0. The van der Waals surface area contributed by atoms with Crippen molar-refractivity contribution in [3.8, 4) is 0 Å². The van der Waals surface area contributed by atoms with E-state index < -0.39 is 0 Å². The van der Waals surface area contributed by atoms with Crippen LogP contribution in [0.25, 0.3) is 17.0 Å². The molecule has 1 aromatic heterocycles. The first-order valence-corrected chi connectivity index (χ1v) is 12.4. The molecule has 0 spiro atoms. The molecule has 0 unspecified atom stereocenters. The molecule has 0 saturated carbocycles. The highest BCUT2D eigenvalue weighted by atomic mass is 35.5. The smallest absolute Gasteiger partial charge is 0.266 e. The number of benzene rings is 2. The second kappa shape index (κ2) is 9.20. The number of thioether (sulfide) groups is 1. The van der Waals surface area contributed by atoms with Gasteiger partial charge in [0.05, 0.1) is 27.6 Å². The van der Waals surface area contributed by atoms with Crippen LogP contribution in [0.4, 0.5) is 0 Å². The molecule has 0 radical (unpaired) electrons. The van der Waals surface area contributed by atoms with E-state index in [1.54, 1.807) is 4.90 Å². The van der Waals surface area contributed by atoms with E-state index >= 15 is 0 Å². The molecule has 1 amide bonds. The lowest BCUT2D eigenvalue weighted by atomic mass is 10.1. The normalized spacial score (nSPS) is 20.2. The highest BCUT2D eigenvalue weighted by Crippen LogP contribution is 2.35. The summed E-state index contributed by atoms with van der Waals surface area (Å²) in [5.41, 5.74) is 3.12. The summed E-state index contributed by atoms with van der Waals surface area (Å²) in [6, 6.07) is 13.8. The van der Waals surface area contributed by atoms with Gasteiger partial charge in [-0.25, -0.2) is 0 Å². The van der Waals surface area contributed by atoms with Crippen LogP contribution in [0.5, 0.6) is 0 Å². The highest BCUT2D eigenvalue weighted by Gasteiger charge is 2.34. The molecular formula is C24H20Cl2N2O2S2. The topological polar surface area (TPSA) is 34.5 Å². The fourth-order valence-electron chi connectivity index (χ4n) is 4.15. The van der Waals surface area contributed by atoms with Gasteiger partial charge in [-0.1, -0.05) is 71.4 Å². The van der Waals surface area contributed by atoms with Gasteiger partial charge >= 0.3 is 0 Å². The first-order valence-electron chi connectivity index (χ1n) is 10.4. The summed E-state index contributed by atoms with van der Waals surface area (Å²) in [7, 11) is 0. The minimum atomic E-state index is -0.0446. The standard InChI is InChI=1S/C24H20Cl2N2O2S2/c25-19-8-7-15(10-20(19)26)12-27-13-16(18-5-1-2-6-21(18)27)11-22-23(29)28(24(31)32-22)14-17-4-3-9-30-17/h1-2,5-8,10-11,13,17H,3-4,9,12,14H2/b22-11-/t17-/m0/s1. The molecule has 4 nitrogen and oxygen atoms in total. The molecule has 2 aliphatic rings. The Labute approximate surface area is 206 Å². The number of aromatic nitrogens is 1. The molecule has 5 rings (SSSR count). The molecular weight excluding hydrogens is 483 g/mol. The van der Waals surface area contributed by atoms with Gasteiger partial charge in [0.15, 0.2) is 0 Å². The Morgan fingerprint density at radius 2 is 2.03 bits per heavy atom. The van der Waals surface area contributed by atoms with E-state index in [9.17, 15) is 4.79 Å². The zero-order valence-electron chi connectivity index (χ0n) is 17.1. The van der Waals surface area contributed by atoms with Crippen LogP contribution in [0.2, 0.25) is 10.0 Å². The number of nitrogens with zero attached hydrogens (tertiary/aromatic N) is 2. The molecule has 3 aromatic rings. The zero-order valence-corrected chi connectivity index (χ0v) is 20.2. The lowest BCUT2D eigenvalue weighted by molar-refractivity contribution is -0.123. The van der Waals surface area contributed by atoms with Gasteiger partial charge in [-0.2, -0.15) is 0 Å². The third kappa shape index (κ3) is 4.35. The Balaban J connectivity index is 1.45. The number of rotatable bonds is 5. The molecule has 2 aromatic carbocycles. The van der Waals surface area contributed by atoms with E-state index in [2.05, 4.69) is 22.9 Å². The quantitative estimate of drug-likeness (QED) is 0.299. The van der Waals surface area contributed by atoms with Crippen molar-refractivity contribution in [2.24, 2.45) is 0 Å². The van der Waals surface area contributed by atoms with Crippen molar-refractivity contribution in [1.82, 2.24) is 9.47 Å². The number of thiocarbonyl (C=S) groups is 1. The maximum Gasteiger partial charge on any atom is 0.266 e. The summed E-state index contributed by atoms with van der Waals surface area (Å²) in [4.78, 5) is 15.4. The summed E-state index contributed by atoms with van der Waals surface area (Å²) >= 11 is 19.1. The summed E-state index contributed by atoms with van der Waals surface area (Å²) in [5, 5.41) is 2.16. The summed E-state index contributed by atoms with van der Waals surface area (Å²) in [6.07, 6.45) is 6.10. The number of hydrogen-bond acceptors (Lipinski definition) is 4. The van der Waals surface area contributed by atoms with E-state index in [-0.39, 0.29) is 12.0 Å². The molecule has 32 heavy (non-hydrogen) atoms. The molecule has 164 valence electrons. The van der Waals surface area contributed by atoms with Crippen molar-refractivity contribution in [3.63, 3.8) is 0 Å². The fraction of sp³-hybridized carbons (Fsp3) is 0.250. The minimum absolute atomic E-state index is 0.0446. The summed E-state index contributed by atoms with van der Waals surface area (Å²) in [6.45, 7) is 1.93. The largest absolute Gasteiger partial charge is 0.376 e. The van der Waals surface area contributed by atoms with E-state index in [1.807, 2.05) is 36.4 Å². The second-order valence-electron chi connectivity index (χ2n) is 7.91. The number of para-hydroxylation sites is 1. The van der Waals surface area contributed by atoms with Crippen LogP contribution >= 0.6 is 47.2 Å². The van der Waals surface area contributed by atoms with Crippen molar-refractivity contribution in [2.45, 2.75) is 25.5 Å². The Kier molecular flexibility index (Phi) is 6.32. The predicted molar refractivity (Wildman–Crippen MR) is 136 cm³/mol. The average Bonchev–Trinajstić information content (AvgIpc) is 3.48. The van der Waals surface area contributed by atoms with E-state index in [0.29, 0.717) is 32.4 Å². The Morgan fingerprint density at radius 1 is 1.19 bits per heavy atom. The maximum atomic E-state index is 13.1. The Bertz CT molecular complexity index is 1250. The Hall–Kier alpha value is -1.83. The van der Waals surface area contributed by atoms with Crippen molar-refractivity contribution in [2.75, 3.05) is 13.2 Å². The van der Waals surface area contributed by atoms with Crippen LogP contribution in [0.15, 0.2) is 53.6 Å². The third-order valence-corrected chi connectivity index (χ3v) is 7.84. The van der Waals surface area contributed by atoms with Crippen molar-refractivity contribution < 1.29 is 9.53 Å². The monoisotopic (exact) mass is 502 g/mol. The van der Waals surface area contributed by atoms with Crippen LogP contribution in [-0.4, -0.2) is 39.0 Å². The number of amides is 1. The van der Waals surface area contributed by atoms with Gasteiger partial charge in [-0.3, -0.25) is 9.69 Å². The van der Waals surface area contributed by atoms with Crippen LogP contribution < -0.4 is 0 Å². The number of ether oxygens (including phenoxy) is 1. The van der Waals surface area contributed by atoms with Crippen molar-refractivity contribution in [3.05, 3.63) is 74.7 Å². The van der Waals surface area contributed by atoms with Crippen LogP contribution in [0.3, 0.4) is 0 Å². The molecule has 2 saturated heterocycles. The molecule has 8 heteroatoms. The van der Waals surface area contributed by atoms with Crippen molar-refractivity contribution in [1.29, 1.82) is 0 Å². The van der Waals surface area contributed by atoms with Gasteiger partial charge in [0.25, 0.3) is 5.91 Å². The fourth-order valence-corrected chi connectivity index (χ4v) is 5.73. The number of fused-ring (bicyclic) bond motifs is 1. The molecule has 0 bridgehead atoms. The van der Waals surface area contributed by atoms with Gasteiger partial charge in [-0.05, 0) is 42.7 Å². The van der Waals surface area contributed by atoms with Crippen LogP contribution in [0.1, 0.15) is 24.0 Å². The molecule has 2 aliphatic heterocycles. The lowest BCUT2D eigenvalue weighted by Crippen LogP contribution is -2.35. The van der Waals surface area contributed by atoms with Crippen LogP contribution in [-0.2, 0) is 16.1 Å². The highest BCUT2D eigenvalue weighted by molar-refractivity contribution is 8.26. The molecule has 0 aliphatic carbocycles. The number of carbonyl (C=O) groups is 1. The van der Waals surface area contributed by atoms with Crippen molar-refractivity contribution >= 4 is 74.4 Å². The minimum Gasteiger partial charge on any atom is -0.376 e. The second-order valence-corrected chi connectivity index (χ2v) is 10.4. The SMILES string of the molecule is O=C1/C(=C/c2cn(Cc3ccc(Cl)c(Cl)c3)c3ccccc23)SC(=S)N1C[C@@H]1CCCO1. The van der Waals surface area contributed by atoms with E-state index in [4.69, 9.17) is 40.2 Å². The van der Waals surface area contributed by atoms with Crippen LogP contribution in [0, 0.1) is 0 Å². The Morgan fingerprint density at radius 3 is 2.81 bits per heavy atom. The van der Waals surface area contributed by atoms with E-state index in [1.165, 1.54) is 11.8 Å². The maximum absolute atomic E-state index is 13.1. The first-order chi connectivity index (χ1) is 15.5. The number of carbonyl (C=O) groups excluding carboxylic acids is 1. The van der Waals surface area contributed by atoms with Gasteiger partial charge in [-0.15, -0.1) is 0 Å².